The van der Waals surface area contributed by atoms with Gasteiger partial charge in [-0.25, -0.2) is 4.79 Å². The molecule has 0 aliphatic heterocycles. The predicted octanol–water partition coefficient (Wildman–Crippen LogP) is 2.49. The number of carbonyl (C=O) groups is 1. The average Bonchev–Trinajstić information content (AvgIpc) is 2.80. The zero-order valence-corrected chi connectivity index (χ0v) is 11.1. The van der Waals surface area contributed by atoms with Crippen molar-refractivity contribution in [2.75, 3.05) is 7.11 Å². The third kappa shape index (κ3) is 2.51. The van der Waals surface area contributed by atoms with Gasteiger partial charge in [-0.2, -0.15) is 5.10 Å². The Labute approximate surface area is 111 Å². The SMILES string of the molecule is COC(C)c1ccccc1-c1cc(C(=O)O)nn1C. The monoisotopic (exact) mass is 260 g/mol. The smallest absolute Gasteiger partial charge is 0.356 e. The van der Waals surface area contributed by atoms with Gasteiger partial charge in [0.25, 0.3) is 0 Å². The fraction of sp³-hybridized carbons (Fsp3) is 0.286. The van der Waals surface area contributed by atoms with E-state index in [0.29, 0.717) is 0 Å². The highest BCUT2D eigenvalue weighted by Gasteiger charge is 2.17. The summed E-state index contributed by atoms with van der Waals surface area (Å²) in [5.74, 6) is -1.03. The first kappa shape index (κ1) is 13.3. The highest BCUT2D eigenvalue weighted by atomic mass is 16.5. The molecule has 0 aliphatic rings. The molecular formula is C14H16N2O3. The Kier molecular flexibility index (Phi) is 3.66. The second-order valence-electron chi connectivity index (χ2n) is 4.31. The van der Waals surface area contributed by atoms with Crippen LogP contribution in [0.25, 0.3) is 11.3 Å². The molecule has 2 rings (SSSR count). The molecule has 0 amide bonds. The van der Waals surface area contributed by atoms with E-state index in [-0.39, 0.29) is 11.8 Å². The summed E-state index contributed by atoms with van der Waals surface area (Å²) in [6.45, 7) is 1.95. The molecule has 0 bridgehead atoms. The number of hydrogen-bond donors (Lipinski definition) is 1. The summed E-state index contributed by atoms with van der Waals surface area (Å²) in [7, 11) is 3.38. The summed E-state index contributed by atoms with van der Waals surface area (Å²) in [6.07, 6.45) is -0.0700. The van der Waals surface area contributed by atoms with E-state index in [2.05, 4.69) is 5.10 Å². The maximum Gasteiger partial charge on any atom is 0.356 e. The molecular weight excluding hydrogens is 244 g/mol. The topological polar surface area (TPSA) is 64.3 Å². The zero-order chi connectivity index (χ0) is 14.0. The van der Waals surface area contributed by atoms with Crippen LogP contribution in [0.4, 0.5) is 0 Å². The Morgan fingerprint density at radius 1 is 1.42 bits per heavy atom. The maximum atomic E-state index is 11.0. The maximum absolute atomic E-state index is 11.0. The van der Waals surface area contributed by atoms with Gasteiger partial charge in [0.15, 0.2) is 5.69 Å². The van der Waals surface area contributed by atoms with Crippen molar-refractivity contribution < 1.29 is 14.6 Å². The Morgan fingerprint density at radius 3 is 2.68 bits per heavy atom. The van der Waals surface area contributed by atoms with Crippen LogP contribution in [0.2, 0.25) is 0 Å². The first-order valence-electron chi connectivity index (χ1n) is 5.94. The standard InChI is InChI=1S/C14H16N2O3/c1-9(19-3)10-6-4-5-7-11(10)13-8-12(14(17)18)15-16(13)2/h4-9H,1-3H3,(H,17,18). The number of nitrogens with zero attached hydrogens (tertiary/aromatic N) is 2. The number of rotatable bonds is 4. The van der Waals surface area contributed by atoms with E-state index in [0.717, 1.165) is 16.8 Å². The first-order valence-corrected chi connectivity index (χ1v) is 5.94. The minimum atomic E-state index is -1.03. The van der Waals surface area contributed by atoms with Crippen LogP contribution < -0.4 is 0 Å². The van der Waals surface area contributed by atoms with Crippen LogP contribution in [0, 0.1) is 0 Å². The minimum Gasteiger partial charge on any atom is -0.476 e. The van der Waals surface area contributed by atoms with Crippen molar-refractivity contribution >= 4 is 5.97 Å². The number of carboxylic acid groups (broad SMARTS) is 1. The molecule has 19 heavy (non-hydrogen) atoms. The number of carboxylic acids is 1. The number of methoxy groups -OCH3 is 1. The fourth-order valence-electron chi connectivity index (χ4n) is 2.04. The third-order valence-electron chi connectivity index (χ3n) is 3.13. The van der Waals surface area contributed by atoms with Crippen LogP contribution in [0.3, 0.4) is 0 Å². The Hall–Kier alpha value is -2.14. The summed E-state index contributed by atoms with van der Waals surface area (Å²) in [4.78, 5) is 11.0. The van der Waals surface area contributed by atoms with Gasteiger partial charge in [-0.3, -0.25) is 4.68 Å². The first-order chi connectivity index (χ1) is 9.04. The molecule has 0 saturated heterocycles. The van der Waals surface area contributed by atoms with Crippen molar-refractivity contribution in [3.63, 3.8) is 0 Å². The second-order valence-corrected chi connectivity index (χ2v) is 4.31. The van der Waals surface area contributed by atoms with Gasteiger partial charge in [-0.1, -0.05) is 24.3 Å². The Morgan fingerprint density at radius 2 is 2.11 bits per heavy atom. The number of benzene rings is 1. The van der Waals surface area contributed by atoms with Crippen molar-refractivity contribution in [3.8, 4) is 11.3 Å². The average molecular weight is 260 g/mol. The van der Waals surface area contributed by atoms with Gasteiger partial charge in [0.05, 0.1) is 11.8 Å². The van der Waals surface area contributed by atoms with E-state index in [1.54, 1.807) is 24.9 Å². The molecule has 1 aromatic carbocycles. The highest BCUT2D eigenvalue weighted by molar-refractivity contribution is 5.87. The number of aromatic nitrogens is 2. The molecule has 0 spiro atoms. The van der Waals surface area contributed by atoms with Gasteiger partial charge in [-0.05, 0) is 18.6 Å². The van der Waals surface area contributed by atoms with Crippen LogP contribution >= 0.6 is 0 Å². The number of ether oxygens (including phenoxy) is 1. The number of hydrogen-bond acceptors (Lipinski definition) is 3. The molecule has 1 unspecified atom stereocenters. The van der Waals surface area contributed by atoms with E-state index < -0.39 is 5.97 Å². The van der Waals surface area contributed by atoms with Crippen molar-refractivity contribution in [1.29, 1.82) is 0 Å². The highest BCUT2D eigenvalue weighted by Crippen LogP contribution is 2.29. The number of aryl methyl sites for hydroxylation is 1. The molecule has 1 aromatic heterocycles. The molecule has 0 aliphatic carbocycles. The molecule has 0 radical (unpaired) electrons. The lowest BCUT2D eigenvalue weighted by atomic mass is 10.0. The van der Waals surface area contributed by atoms with E-state index in [1.807, 2.05) is 31.2 Å². The predicted molar refractivity (Wildman–Crippen MR) is 71.0 cm³/mol. The van der Waals surface area contributed by atoms with E-state index in [1.165, 1.54) is 0 Å². The van der Waals surface area contributed by atoms with Crippen LogP contribution in [0.1, 0.15) is 29.1 Å². The molecule has 0 fully saturated rings. The Bertz CT molecular complexity index is 604. The van der Waals surface area contributed by atoms with Crippen molar-refractivity contribution in [2.24, 2.45) is 7.05 Å². The zero-order valence-electron chi connectivity index (χ0n) is 11.1. The summed E-state index contributed by atoms with van der Waals surface area (Å²) < 4.78 is 6.92. The molecule has 5 nitrogen and oxygen atoms in total. The summed E-state index contributed by atoms with van der Waals surface area (Å²) >= 11 is 0. The van der Waals surface area contributed by atoms with Gasteiger partial charge in [0.1, 0.15) is 0 Å². The fourth-order valence-corrected chi connectivity index (χ4v) is 2.04. The lowest BCUT2D eigenvalue weighted by Crippen LogP contribution is -2.02. The molecule has 5 heteroatoms. The summed E-state index contributed by atoms with van der Waals surface area (Å²) in [5.41, 5.74) is 2.73. The van der Waals surface area contributed by atoms with Gasteiger partial charge in [0, 0.05) is 19.7 Å². The summed E-state index contributed by atoms with van der Waals surface area (Å²) in [6, 6.07) is 9.32. The molecule has 2 aromatic rings. The number of aromatic carboxylic acids is 1. The van der Waals surface area contributed by atoms with Gasteiger partial charge < -0.3 is 9.84 Å². The second kappa shape index (κ2) is 5.24. The molecule has 1 heterocycles. The van der Waals surface area contributed by atoms with Crippen LogP contribution in [0.5, 0.6) is 0 Å². The largest absolute Gasteiger partial charge is 0.476 e. The third-order valence-corrected chi connectivity index (χ3v) is 3.13. The Balaban J connectivity index is 2.56. The van der Waals surface area contributed by atoms with Crippen molar-refractivity contribution in [1.82, 2.24) is 9.78 Å². The lowest BCUT2D eigenvalue weighted by Gasteiger charge is -2.15. The molecule has 100 valence electrons. The van der Waals surface area contributed by atoms with Crippen LogP contribution in [-0.2, 0) is 11.8 Å². The molecule has 0 saturated carbocycles. The van der Waals surface area contributed by atoms with Gasteiger partial charge >= 0.3 is 5.97 Å². The normalized spacial score (nSPS) is 12.4. The van der Waals surface area contributed by atoms with Gasteiger partial charge in [0.2, 0.25) is 0 Å². The lowest BCUT2D eigenvalue weighted by molar-refractivity contribution is 0.0689. The summed E-state index contributed by atoms with van der Waals surface area (Å²) in [5, 5.41) is 13.0. The van der Waals surface area contributed by atoms with E-state index >= 15 is 0 Å². The van der Waals surface area contributed by atoms with E-state index in [9.17, 15) is 4.79 Å². The molecule has 1 N–H and O–H groups in total. The quantitative estimate of drug-likeness (QED) is 0.917. The van der Waals surface area contributed by atoms with Crippen molar-refractivity contribution in [3.05, 3.63) is 41.6 Å². The van der Waals surface area contributed by atoms with Crippen LogP contribution in [-0.4, -0.2) is 28.0 Å². The van der Waals surface area contributed by atoms with Gasteiger partial charge in [-0.15, -0.1) is 0 Å². The molecule has 1 atom stereocenters. The van der Waals surface area contributed by atoms with Crippen LogP contribution in [0.15, 0.2) is 30.3 Å². The van der Waals surface area contributed by atoms with E-state index in [4.69, 9.17) is 9.84 Å². The minimum absolute atomic E-state index is 0.0392. The van der Waals surface area contributed by atoms with Crippen molar-refractivity contribution in [2.45, 2.75) is 13.0 Å².